The number of nitrogens with zero attached hydrogens (tertiary/aromatic N) is 4. The standard InChI is InChI=1S/C23H23ClN4O/c1-16-7-8-18(15-17(16)2)23(29)28-13-11-27(12-14-28)22-10-9-21(25-26-22)19-5-3-4-6-20(19)24/h3-10,15H,11-14H2,1-2H3. The lowest BCUT2D eigenvalue weighted by Crippen LogP contribution is -2.49. The third kappa shape index (κ3) is 4.10. The normalized spacial score (nSPS) is 14.2. The number of amides is 1. The highest BCUT2D eigenvalue weighted by Crippen LogP contribution is 2.26. The Morgan fingerprint density at radius 3 is 2.31 bits per heavy atom. The van der Waals surface area contributed by atoms with Gasteiger partial charge in [-0.15, -0.1) is 10.2 Å². The first kappa shape index (κ1) is 19.4. The minimum atomic E-state index is 0.0906. The molecule has 0 atom stereocenters. The molecular weight excluding hydrogens is 384 g/mol. The molecule has 0 saturated carbocycles. The molecule has 4 rings (SSSR count). The Hall–Kier alpha value is -2.92. The molecule has 2 heterocycles. The first-order valence-electron chi connectivity index (χ1n) is 9.73. The summed E-state index contributed by atoms with van der Waals surface area (Å²) in [5.74, 6) is 0.909. The summed E-state index contributed by atoms with van der Waals surface area (Å²) in [4.78, 5) is 16.9. The predicted octanol–water partition coefficient (Wildman–Crippen LogP) is 4.38. The van der Waals surface area contributed by atoms with Gasteiger partial charge in [0, 0.05) is 37.3 Å². The van der Waals surface area contributed by atoms with E-state index < -0.39 is 0 Å². The van der Waals surface area contributed by atoms with Gasteiger partial charge in [0.2, 0.25) is 0 Å². The van der Waals surface area contributed by atoms with Gasteiger partial charge >= 0.3 is 0 Å². The summed E-state index contributed by atoms with van der Waals surface area (Å²) in [6.07, 6.45) is 0. The monoisotopic (exact) mass is 406 g/mol. The Morgan fingerprint density at radius 1 is 0.897 bits per heavy atom. The van der Waals surface area contributed by atoms with Crippen LogP contribution >= 0.6 is 11.6 Å². The highest BCUT2D eigenvalue weighted by atomic mass is 35.5. The van der Waals surface area contributed by atoms with Crippen LogP contribution in [0, 0.1) is 13.8 Å². The average molecular weight is 407 g/mol. The van der Waals surface area contributed by atoms with E-state index in [1.165, 1.54) is 5.56 Å². The van der Waals surface area contributed by atoms with Crippen molar-refractivity contribution in [1.82, 2.24) is 15.1 Å². The van der Waals surface area contributed by atoms with Gasteiger partial charge in [-0.05, 0) is 55.3 Å². The van der Waals surface area contributed by atoms with E-state index in [0.717, 1.165) is 41.3 Å². The molecule has 1 fully saturated rings. The molecule has 0 bridgehead atoms. The van der Waals surface area contributed by atoms with Crippen molar-refractivity contribution in [3.8, 4) is 11.3 Å². The van der Waals surface area contributed by atoms with Crippen LogP contribution in [0.15, 0.2) is 54.6 Å². The maximum atomic E-state index is 12.8. The molecule has 1 aliphatic rings. The third-order valence-electron chi connectivity index (χ3n) is 5.45. The van der Waals surface area contributed by atoms with Crippen molar-refractivity contribution in [3.05, 3.63) is 76.3 Å². The summed E-state index contributed by atoms with van der Waals surface area (Å²) in [6, 6.07) is 17.4. The SMILES string of the molecule is Cc1ccc(C(=O)N2CCN(c3ccc(-c4ccccc4Cl)nn3)CC2)cc1C. The minimum Gasteiger partial charge on any atom is -0.352 e. The molecule has 5 nitrogen and oxygen atoms in total. The maximum absolute atomic E-state index is 12.8. The minimum absolute atomic E-state index is 0.0906. The molecule has 0 radical (unpaired) electrons. The van der Waals surface area contributed by atoms with Crippen LogP contribution in [0.25, 0.3) is 11.3 Å². The number of halogens is 1. The van der Waals surface area contributed by atoms with Gasteiger partial charge in [0.25, 0.3) is 5.91 Å². The summed E-state index contributed by atoms with van der Waals surface area (Å²) in [5, 5.41) is 9.39. The van der Waals surface area contributed by atoms with Crippen LogP contribution in [0.1, 0.15) is 21.5 Å². The molecule has 148 valence electrons. The van der Waals surface area contributed by atoms with Crippen molar-refractivity contribution in [2.45, 2.75) is 13.8 Å². The van der Waals surface area contributed by atoms with Crippen molar-refractivity contribution in [1.29, 1.82) is 0 Å². The van der Waals surface area contributed by atoms with Gasteiger partial charge in [0.1, 0.15) is 0 Å². The van der Waals surface area contributed by atoms with Crippen LogP contribution in [-0.4, -0.2) is 47.2 Å². The van der Waals surface area contributed by atoms with Crippen molar-refractivity contribution in [3.63, 3.8) is 0 Å². The second kappa shape index (κ2) is 8.21. The number of carbonyl (C=O) groups excluding carboxylic acids is 1. The highest BCUT2D eigenvalue weighted by molar-refractivity contribution is 6.33. The number of hydrogen-bond donors (Lipinski definition) is 0. The molecular formula is C23H23ClN4O. The molecule has 6 heteroatoms. The predicted molar refractivity (Wildman–Crippen MR) is 117 cm³/mol. The smallest absolute Gasteiger partial charge is 0.253 e. The van der Waals surface area contributed by atoms with Gasteiger partial charge in [-0.2, -0.15) is 0 Å². The molecule has 2 aromatic carbocycles. The van der Waals surface area contributed by atoms with E-state index in [1.54, 1.807) is 0 Å². The summed E-state index contributed by atoms with van der Waals surface area (Å²) in [5.41, 5.74) is 4.72. The molecule has 1 amide bonds. The Kier molecular flexibility index (Phi) is 5.49. The van der Waals surface area contributed by atoms with Crippen molar-refractivity contribution in [2.24, 2.45) is 0 Å². The zero-order valence-corrected chi connectivity index (χ0v) is 17.4. The van der Waals surface area contributed by atoms with E-state index in [9.17, 15) is 4.79 Å². The topological polar surface area (TPSA) is 49.3 Å². The molecule has 29 heavy (non-hydrogen) atoms. The summed E-state index contributed by atoms with van der Waals surface area (Å²) < 4.78 is 0. The molecule has 0 spiro atoms. The fourth-order valence-corrected chi connectivity index (χ4v) is 3.73. The van der Waals surface area contributed by atoms with E-state index in [2.05, 4.69) is 22.0 Å². The van der Waals surface area contributed by atoms with Crippen LogP contribution in [0.2, 0.25) is 5.02 Å². The maximum Gasteiger partial charge on any atom is 0.253 e. The quantitative estimate of drug-likeness (QED) is 0.647. The van der Waals surface area contributed by atoms with Crippen molar-refractivity contribution in [2.75, 3.05) is 31.1 Å². The number of anilines is 1. The van der Waals surface area contributed by atoms with E-state index in [0.29, 0.717) is 18.1 Å². The average Bonchev–Trinajstić information content (AvgIpc) is 2.76. The summed E-state index contributed by atoms with van der Waals surface area (Å²) in [7, 11) is 0. The van der Waals surface area contributed by atoms with E-state index in [4.69, 9.17) is 11.6 Å². The second-order valence-electron chi connectivity index (χ2n) is 7.33. The Balaban J connectivity index is 1.41. The van der Waals surface area contributed by atoms with Crippen molar-refractivity contribution >= 4 is 23.3 Å². The first-order chi connectivity index (χ1) is 14.0. The highest BCUT2D eigenvalue weighted by Gasteiger charge is 2.23. The third-order valence-corrected chi connectivity index (χ3v) is 5.77. The van der Waals surface area contributed by atoms with E-state index >= 15 is 0 Å². The van der Waals surface area contributed by atoms with Crippen LogP contribution in [0.3, 0.4) is 0 Å². The zero-order chi connectivity index (χ0) is 20.4. The second-order valence-corrected chi connectivity index (χ2v) is 7.74. The van der Waals surface area contributed by atoms with Gasteiger partial charge in [-0.1, -0.05) is 35.9 Å². The fraction of sp³-hybridized carbons (Fsp3) is 0.261. The van der Waals surface area contributed by atoms with Crippen LogP contribution in [0.4, 0.5) is 5.82 Å². The van der Waals surface area contributed by atoms with Gasteiger partial charge in [0.05, 0.1) is 10.7 Å². The Bertz CT molecular complexity index is 1030. The number of benzene rings is 2. The lowest BCUT2D eigenvalue weighted by atomic mass is 10.1. The first-order valence-corrected chi connectivity index (χ1v) is 10.1. The van der Waals surface area contributed by atoms with Crippen LogP contribution < -0.4 is 4.90 Å². The summed E-state index contributed by atoms with van der Waals surface area (Å²) in [6.45, 7) is 6.89. The molecule has 0 N–H and O–H groups in total. The fourth-order valence-electron chi connectivity index (χ4n) is 3.50. The lowest BCUT2D eigenvalue weighted by molar-refractivity contribution is 0.0746. The van der Waals surface area contributed by atoms with E-state index in [1.807, 2.05) is 66.4 Å². The van der Waals surface area contributed by atoms with Gasteiger partial charge < -0.3 is 9.80 Å². The Morgan fingerprint density at radius 2 is 1.66 bits per heavy atom. The van der Waals surface area contributed by atoms with Crippen LogP contribution in [-0.2, 0) is 0 Å². The lowest BCUT2D eigenvalue weighted by Gasteiger charge is -2.35. The number of rotatable bonds is 3. The number of aryl methyl sites for hydroxylation is 2. The van der Waals surface area contributed by atoms with Gasteiger partial charge in [0.15, 0.2) is 5.82 Å². The van der Waals surface area contributed by atoms with E-state index in [-0.39, 0.29) is 5.91 Å². The molecule has 1 aromatic heterocycles. The molecule has 0 aliphatic carbocycles. The van der Waals surface area contributed by atoms with Gasteiger partial charge in [-0.3, -0.25) is 4.79 Å². The molecule has 1 saturated heterocycles. The van der Waals surface area contributed by atoms with Crippen LogP contribution in [0.5, 0.6) is 0 Å². The van der Waals surface area contributed by atoms with Crippen molar-refractivity contribution < 1.29 is 4.79 Å². The number of piperazine rings is 1. The zero-order valence-electron chi connectivity index (χ0n) is 16.6. The molecule has 0 unspecified atom stereocenters. The molecule has 1 aliphatic heterocycles. The molecule has 3 aromatic rings. The van der Waals surface area contributed by atoms with Gasteiger partial charge in [-0.25, -0.2) is 0 Å². The number of aromatic nitrogens is 2. The number of hydrogen-bond acceptors (Lipinski definition) is 4. The summed E-state index contributed by atoms with van der Waals surface area (Å²) >= 11 is 6.25. The Labute approximate surface area is 175 Å². The number of carbonyl (C=O) groups is 1. The largest absolute Gasteiger partial charge is 0.352 e.